The number of rotatable bonds is 6. The minimum atomic E-state index is -0.301. The molecule has 0 aliphatic carbocycles. The molecule has 0 bridgehead atoms. The maximum absolute atomic E-state index is 15.0. The van der Waals surface area contributed by atoms with Gasteiger partial charge in [-0.2, -0.15) is 0 Å². The summed E-state index contributed by atoms with van der Waals surface area (Å²) in [5, 5.41) is 3.46. The van der Waals surface area contributed by atoms with E-state index >= 15 is 4.39 Å². The van der Waals surface area contributed by atoms with E-state index in [9.17, 15) is 4.79 Å². The summed E-state index contributed by atoms with van der Waals surface area (Å²) in [5.41, 5.74) is 1.42. The van der Waals surface area contributed by atoms with Crippen LogP contribution in [-0.4, -0.2) is 62.8 Å². The molecule has 1 fully saturated rings. The SMILES string of the molecule is COC[C@H]1CN[C@H](C)CN1CC(=O)N1CC(C)(C)c2cc(F)c(Sc3ccccc3)cc21. The Balaban J connectivity index is 1.59. The second-order valence-corrected chi connectivity index (χ2v) is 10.5. The Morgan fingerprint density at radius 3 is 2.75 bits per heavy atom. The lowest BCUT2D eigenvalue weighted by Gasteiger charge is -2.39. The predicted molar refractivity (Wildman–Crippen MR) is 127 cm³/mol. The van der Waals surface area contributed by atoms with Crippen molar-refractivity contribution in [3.8, 4) is 0 Å². The highest BCUT2D eigenvalue weighted by Gasteiger charge is 2.40. The van der Waals surface area contributed by atoms with E-state index in [0.29, 0.717) is 30.6 Å². The van der Waals surface area contributed by atoms with Gasteiger partial charge in [-0.25, -0.2) is 4.39 Å². The van der Waals surface area contributed by atoms with Gasteiger partial charge in [0.2, 0.25) is 5.91 Å². The molecular formula is C25H32FN3O2S. The van der Waals surface area contributed by atoms with Crippen molar-refractivity contribution in [2.24, 2.45) is 0 Å². The number of anilines is 1. The van der Waals surface area contributed by atoms with E-state index < -0.39 is 0 Å². The molecular weight excluding hydrogens is 425 g/mol. The Hall–Kier alpha value is -1.93. The fourth-order valence-corrected chi connectivity index (χ4v) is 5.51. The number of nitrogens with one attached hydrogen (secondary N) is 1. The van der Waals surface area contributed by atoms with Crippen LogP contribution in [0.15, 0.2) is 52.3 Å². The normalized spacial score (nSPS) is 22.7. The highest BCUT2D eigenvalue weighted by atomic mass is 32.2. The summed E-state index contributed by atoms with van der Waals surface area (Å²) < 4.78 is 20.4. The molecule has 4 rings (SSSR count). The quantitative estimate of drug-likeness (QED) is 0.713. The molecule has 1 amide bonds. The molecule has 172 valence electrons. The second kappa shape index (κ2) is 9.51. The van der Waals surface area contributed by atoms with E-state index in [1.165, 1.54) is 11.8 Å². The molecule has 1 N–H and O–H groups in total. The van der Waals surface area contributed by atoms with Gasteiger partial charge in [0.05, 0.1) is 18.0 Å². The molecule has 0 spiro atoms. The molecule has 0 radical (unpaired) electrons. The van der Waals surface area contributed by atoms with Crippen molar-refractivity contribution in [1.82, 2.24) is 10.2 Å². The fraction of sp³-hybridized carbons (Fsp3) is 0.480. The first-order chi connectivity index (χ1) is 15.3. The van der Waals surface area contributed by atoms with Crippen LogP contribution in [0.5, 0.6) is 0 Å². The highest BCUT2D eigenvalue weighted by molar-refractivity contribution is 7.99. The molecule has 2 heterocycles. The zero-order valence-electron chi connectivity index (χ0n) is 19.2. The van der Waals surface area contributed by atoms with Crippen LogP contribution in [0.1, 0.15) is 26.3 Å². The molecule has 1 saturated heterocycles. The fourth-order valence-electron chi connectivity index (χ4n) is 4.63. The second-order valence-electron chi connectivity index (χ2n) is 9.43. The van der Waals surface area contributed by atoms with E-state index in [2.05, 4.69) is 31.0 Å². The van der Waals surface area contributed by atoms with Gasteiger partial charge in [-0.05, 0) is 36.8 Å². The number of carbonyl (C=O) groups excluding carboxylic acids is 1. The van der Waals surface area contributed by atoms with Crippen molar-refractivity contribution in [2.45, 2.75) is 48.1 Å². The molecule has 5 nitrogen and oxygen atoms in total. The van der Waals surface area contributed by atoms with E-state index in [1.54, 1.807) is 13.2 Å². The van der Waals surface area contributed by atoms with Gasteiger partial charge < -0.3 is 15.0 Å². The minimum absolute atomic E-state index is 0.0503. The summed E-state index contributed by atoms with van der Waals surface area (Å²) in [6.07, 6.45) is 0. The topological polar surface area (TPSA) is 44.8 Å². The Bertz CT molecular complexity index is 969. The maximum atomic E-state index is 15.0. The van der Waals surface area contributed by atoms with Crippen LogP contribution in [0, 0.1) is 5.82 Å². The molecule has 0 saturated carbocycles. The summed E-state index contributed by atoms with van der Waals surface area (Å²) >= 11 is 1.39. The van der Waals surface area contributed by atoms with Crippen molar-refractivity contribution in [3.05, 3.63) is 53.8 Å². The Labute approximate surface area is 194 Å². The van der Waals surface area contributed by atoms with Gasteiger partial charge in [0.25, 0.3) is 0 Å². The first-order valence-corrected chi connectivity index (χ1v) is 11.9. The number of piperazine rings is 1. The van der Waals surface area contributed by atoms with Gasteiger partial charge in [-0.1, -0.05) is 43.8 Å². The zero-order chi connectivity index (χ0) is 22.9. The van der Waals surface area contributed by atoms with Crippen molar-refractivity contribution in [2.75, 3.05) is 44.8 Å². The minimum Gasteiger partial charge on any atom is -0.383 e. The van der Waals surface area contributed by atoms with Crippen molar-refractivity contribution < 1.29 is 13.9 Å². The lowest BCUT2D eigenvalue weighted by Crippen LogP contribution is -2.59. The molecule has 0 aromatic heterocycles. The molecule has 2 aromatic rings. The summed E-state index contributed by atoms with van der Waals surface area (Å²) in [6.45, 7) is 9.33. The number of halogens is 1. The van der Waals surface area contributed by atoms with Crippen molar-refractivity contribution >= 4 is 23.4 Å². The maximum Gasteiger partial charge on any atom is 0.241 e. The number of fused-ring (bicyclic) bond motifs is 1. The van der Waals surface area contributed by atoms with Gasteiger partial charge in [0, 0.05) is 54.8 Å². The zero-order valence-corrected chi connectivity index (χ0v) is 20.0. The largest absolute Gasteiger partial charge is 0.383 e. The number of hydrogen-bond donors (Lipinski definition) is 1. The predicted octanol–water partition coefficient (Wildman–Crippen LogP) is 3.91. The third kappa shape index (κ3) is 4.86. The third-order valence-corrected chi connectivity index (χ3v) is 7.36. The number of carbonyl (C=O) groups is 1. The summed E-state index contributed by atoms with van der Waals surface area (Å²) in [7, 11) is 1.69. The van der Waals surface area contributed by atoms with Gasteiger partial charge in [0.1, 0.15) is 5.82 Å². The Morgan fingerprint density at radius 2 is 2.03 bits per heavy atom. The van der Waals surface area contributed by atoms with Gasteiger partial charge in [-0.3, -0.25) is 9.69 Å². The van der Waals surface area contributed by atoms with E-state index in [0.717, 1.165) is 29.2 Å². The molecule has 32 heavy (non-hydrogen) atoms. The third-order valence-electron chi connectivity index (χ3n) is 6.32. The lowest BCUT2D eigenvalue weighted by molar-refractivity contribution is -0.121. The number of hydrogen-bond acceptors (Lipinski definition) is 5. The molecule has 2 aliphatic heterocycles. The molecule has 0 unspecified atom stereocenters. The van der Waals surface area contributed by atoms with Gasteiger partial charge in [-0.15, -0.1) is 0 Å². The number of amides is 1. The average Bonchev–Trinajstić information content (AvgIpc) is 3.01. The van der Waals surface area contributed by atoms with Crippen LogP contribution < -0.4 is 10.2 Å². The van der Waals surface area contributed by atoms with E-state index in [4.69, 9.17) is 4.74 Å². The van der Waals surface area contributed by atoms with Crippen LogP contribution >= 0.6 is 11.8 Å². The molecule has 2 atom stereocenters. The summed E-state index contributed by atoms with van der Waals surface area (Å²) in [6, 6.07) is 13.7. The van der Waals surface area contributed by atoms with Crippen molar-refractivity contribution in [1.29, 1.82) is 0 Å². The van der Waals surface area contributed by atoms with Gasteiger partial charge in [0.15, 0.2) is 0 Å². The van der Waals surface area contributed by atoms with Crippen molar-refractivity contribution in [3.63, 3.8) is 0 Å². The Kier molecular flexibility index (Phi) is 6.91. The molecule has 2 aliphatic rings. The smallest absolute Gasteiger partial charge is 0.241 e. The van der Waals surface area contributed by atoms with Crippen LogP contribution in [0.4, 0.5) is 10.1 Å². The van der Waals surface area contributed by atoms with Gasteiger partial charge >= 0.3 is 0 Å². The van der Waals surface area contributed by atoms with Crippen LogP contribution in [-0.2, 0) is 14.9 Å². The summed E-state index contributed by atoms with van der Waals surface area (Å²) in [5.74, 6) is -0.189. The average molecular weight is 458 g/mol. The number of benzene rings is 2. The molecule has 2 aromatic carbocycles. The van der Waals surface area contributed by atoms with Crippen LogP contribution in [0.3, 0.4) is 0 Å². The monoisotopic (exact) mass is 457 g/mol. The number of ether oxygens (including phenoxy) is 1. The number of nitrogens with zero attached hydrogens (tertiary/aromatic N) is 2. The van der Waals surface area contributed by atoms with Crippen LogP contribution in [0.25, 0.3) is 0 Å². The first kappa shape index (κ1) is 23.2. The molecule has 7 heteroatoms. The van der Waals surface area contributed by atoms with Crippen LogP contribution in [0.2, 0.25) is 0 Å². The highest BCUT2D eigenvalue weighted by Crippen LogP contribution is 2.44. The number of methoxy groups -OCH3 is 1. The van der Waals surface area contributed by atoms with E-state index in [-0.39, 0.29) is 23.2 Å². The summed E-state index contributed by atoms with van der Waals surface area (Å²) in [4.78, 5) is 19.1. The lowest BCUT2D eigenvalue weighted by atomic mass is 9.87. The standard InChI is InChI=1S/C25H32FN3O2S/c1-17-13-28(18(12-27-17)15-31-4)14-24(30)29-16-25(2,3)20-10-21(26)23(11-22(20)29)32-19-8-6-5-7-9-19/h5-11,17-18,27H,12-16H2,1-4H3/t17-,18-/m1/s1. The first-order valence-electron chi connectivity index (χ1n) is 11.1. The van der Waals surface area contributed by atoms with E-state index in [1.807, 2.05) is 41.3 Å². The Morgan fingerprint density at radius 1 is 1.28 bits per heavy atom.